The third-order valence-corrected chi connectivity index (χ3v) is 4.14. The van der Waals surface area contributed by atoms with Crippen molar-refractivity contribution in [2.24, 2.45) is 4.99 Å². The van der Waals surface area contributed by atoms with Gasteiger partial charge in [0.2, 0.25) is 0 Å². The first-order valence-corrected chi connectivity index (χ1v) is 7.61. The van der Waals surface area contributed by atoms with Crippen LogP contribution >= 0.6 is 0 Å². The summed E-state index contributed by atoms with van der Waals surface area (Å²) < 4.78 is 21.0. The van der Waals surface area contributed by atoms with Gasteiger partial charge in [-0.25, -0.2) is 0 Å². The Morgan fingerprint density at radius 2 is 1.94 bits per heavy atom. The SMILES string of the molecule is CN(C)C([Se])=Nc1ccc(S(=O)(O)=S)cc1. The van der Waals surface area contributed by atoms with E-state index in [0.717, 1.165) is 4.73 Å². The maximum atomic E-state index is 11.2. The molecule has 7 heteroatoms. The molecule has 87 valence electrons. The molecular formula is C9H11N2O2S2Se. The summed E-state index contributed by atoms with van der Waals surface area (Å²) in [5.41, 5.74) is 0.699. The number of benzene rings is 1. The van der Waals surface area contributed by atoms with Crippen LogP contribution in [0.3, 0.4) is 0 Å². The third kappa shape index (κ3) is 3.84. The predicted octanol–water partition coefficient (Wildman–Crippen LogP) is 0.982. The molecular weight excluding hydrogens is 311 g/mol. The molecule has 1 aromatic carbocycles. The number of rotatable bonds is 2. The molecule has 16 heavy (non-hydrogen) atoms. The van der Waals surface area contributed by atoms with Gasteiger partial charge in [0, 0.05) is 0 Å². The Balaban J connectivity index is 3.01. The Morgan fingerprint density at radius 3 is 2.31 bits per heavy atom. The molecule has 0 spiro atoms. The van der Waals surface area contributed by atoms with Crippen molar-refractivity contribution in [1.29, 1.82) is 0 Å². The van der Waals surface area contributed by atoms with Crippen LogP contribution in [0.5, 0.6) is 0 Å². The molecule has 4 nitrogen and oxygen atoms in total. The summed E-state index contributed by atoms with van der Waals surface area (Å²) in [5, 5.41) is 0. The van der Waals surface area contributed by atoms with Crippen molar-refractivity contribution in [3.8, 4) is 0 Å². The molecule has 0 saturated carbocycles. The van der Waals surface area contributed by atoms with Crippen molar-refractivity contribution in [3.05, 3.63) is 24.3 Å². The van der Waals surface area contributed by atoms with Crippen molar-refractivity contribution in [2.45, 2.75) is 4.90 Å². The molecule has 1 radical (unpaired) electrons. The fourth-order valence-electron chi connectivity index (χ4n) is 0.903. The van der Waals surface area contributed by atoms with E-state index in [4.69, 9.17) is 4.55 Å². The first-order chi connectivity index (χ1) is 7.30. The Morgan fingerprint density at radius 1 is 1.44 bits per heavy atom. The zero-order chi connectivity index (χ0) is 12.3. The fourth-order valence-corrected chi connectivity index (χ4v) is 1.94. The van der Waals surface area contributed by atoms with Crippen LogP contribution < -0.4 is 0 Å². The quantitative estimate of drug-likeness (QED) is 0.501. The number of nitrogens with zero attached hydrogens (tertiary/aromatic N) is 2. The van der Waals surface area contributed by atoms with E-state index in [9.17, 15) is 4.21 Å². The van der Waals surface area contributed by atoms with Gasteiger partial charge in [-0.15, -0.1) is 0 Å². The third-order valence-electron chi connectivity index (χ3n) is 1.74. The van der Waals surface area contributed by atoms with E-state index in [1.165, 1.54) is 12.1 Å². The van der Waals surface area contributed by atoms with Crippen molar-refractivity contribution < 1.29 is 8.76 Å². The summed E-state index contributed by atoms with van der Waals surface area (Å²) in [7, 11) is 0.439. The molecule has 0 aliphatic heterocycles. The first-order valence-electron chi connectivity index (χ1n) is 4.31. The summed E-state index contributed by atoms with van der Waals surface area (Å²) in [4.78, 5) is 6.32. The second-order valence-electron chi connectivity index (χ2n) is 3.26. The molecule has 0 heterocycles. The average Bonchev–Trinajstić information content (AvgIpc) is 2.17. The predicted molar refractivity (Wildman–Crippen MR) is 69.4 cm³/mol. The molecule has 0 bridgehead atoms. The molecule has 1 aromatic rings. The van der Waals surface area contributed by atoms with Gasteiger partial charge in [0.05, 0.1) is 0 Å². The Kier molecular flexibility index (Phi) is 4.46. The van der Waals surface area contributed by atoms with Crippen molar-refractivity contribution in [2.75, 3.05) is 14.1 Å². The fraction of sp³-hybridized carbons (Fsp3) is 0.222. The van der Waals surface area contributed by atoms with Crippen molar-refractivity contribution >= 4 is 46.4 Å². The topological polar surface area (TPSA) is 52.9 Å². The van der Waals surface area contributed by atoms with Gasteiger partial charge in [0.25, 0.3) is 0 Å². The van der Waals surface area contributed by atoms with Crippen LogP contribution in [0.4, 0.5) is 5.69 Å². The van der Waals surface area contributed by atoms with Crippen molar-refractivity contribution in [1.82, 2.24) is 4.90 Å². The van der Waals surface area contributed by atoms with E-state index < -0.39 is 8.77 Å². The molecule has 0 aliphatic rings. The molecule has 0 aliphatic carbocycles. The van der Waals surface area contributed by atoms with Gasteiger partial charge >= 0.3 is 108 Å². The van der Waals surface area contributed by atoms with Crippen LogP contribution in [-0.4, -0.2) is 48.5 Å². The van der Waals surface area contributed by atoms with Crippen LogP contribution in [0.1, 0.15) is 0 Å². The van der Waals surface area contributed by atoms with E-state index in [-0.39, 0.29) is 4.90 Å². The standard InChI is InChI=1S/C9H11N2O2S2Se/c1-11(2)9(16)10-7-3-5-8(6-4-7)15(12,13)14/h3-6H,1-2H3,(H,12,13,14). The second kappa shape index (κ2) is 5.25. The molecule has 1 atom stereocenters. The van der Waals surface area contributed by atoms with E-state index in [2.05, 4.69) is 32.2 Å². The summed E-state index contributed by atoms with van der Waals surface area (Å²) in [6.07, 6.45) is 0. The van der Waals surface area contributed by atoms with Gasteiger partial charge < -0.3 is 0 Å². The number of hydrogen-bond donors (Lipinski definition) is 1. The minimum atomic E-state index is -3.30. The van der Waals surface area contributed by atoms with Gasteiger partial charge in [0.15, 0.2) is 0 Å². The van der Waals surface area contributed by atoms with Gasteiger partial charge in [-0.1, -0.05) is 0 Å². The Labute approximate surface area is 108 Å². The Bertz CT molecular complexity index is 495. The number of hydrogen-bond acceptors (Lipinski definition) is 3. The number of amidine groups is 1. The van der Waals surface area contributed by atoms with Gasteiger partial charge in [-0.2, -0.15) is 0 Å². The van der Waals surface area contributed by atoms with Crippen LogP contribution in [0.2, 0.25) is 0 Å². The molecule has 0 saturated heterocycles. The van der Waals surface area contributed by atoms with E-state index >= 15 is 0 Å². The van der Waals surface area contributed by atoms with Gasteiger partial charge in [-0.3, -0.25) is 0 Å². The molecule has 0 fully saturated rings. The zero-order valence-electron chi connectivity index (χ0n) is 8.78. The average molecular weight is 322 g/mol. The summed E-state index contributed by atoms with van der Waals surface area (Å²) in [5.74, 6) is 0. The van der Waals surface area contributed by atoms with Crippen molar-refractivity contribution in [3.63, 3.8) is 0 Å². The molecule has 0 aromatic heterocycles. The summed E-state index contributed by atoms with van der Waals surface area (Å²) in [6.45, 7) is 0. The summed E-state index contributed by atoms with van der Waals surface area (Å²) >= 11 is 7.28. The number of aliphatic imine (C=N–C) groups is 1. The van der Waals surface area contributed by atoms with E-state index in [0.29, 0.717) is 5.69 Å². The van der Waals surface area contributed by atoms with Gasteiger partial charge in [-0.05, 0) is 0 Å². The minimum absolute atomic E-state index is 0.230. The van der Waals surface area contributed by atoms with Crippen LogP contribution in [0.15, 0.2) is 34.2 Å². The molecule has 1 N–H and O–H groups in total. The monoisotopic (exact) mass is 323 g/mol. The zero-order valence-corrected chi connectivity index (χ0v) is 12.1. The molecule has 0 amide bonds. The Hall–Kier alpha value is -0.461. The molecule has 1 rings (SSSR count). The van der Waals surface area contributed by atoms with Crippen LogP contribution in [0, 0.1) is 0 Å². The normalized spacial score (nSPS) is 15.6. The van der Waals surface area contributed by atoms with Gasteiger partial charge in [0.1, 0.15) is 0 Å². The van der Waals surface area contributed by atoms with E-state index in [1.807, 2.05) is 19.0 Å². The van der Waals surface area contributed by atoms with Crippen LogP contribution in [-0.2, 0) is 20.0 Å². The van der Waals surface area contributed by atoms with Crippen LogP contribution in [0.25, 0.3) is 0 Å². The molecule has 1 unspecified atom stereocenters. The van der Waals surface area contributed by atoms with E-state index in [1.54, 1.807) is 12.1 Å². The first kappa shape index (κ1) is 13.6. The maximum absolute atomic E-state index is 11.2. The summed E-state index contributed by atoms with van der Waals surface area (Å²) in [6, 6.07) is 6.32. The second-order valence-corrected chi connectivity index (χ2v) is 6.80.